The summed E-state index contributed by atoms with van der Waals surface area (Å²) in [4.78, 5) is 29.0. The number of aryl methyl sites for hydroxylation is 1. The lowest BCUT2D eigenvalue weighted by Crippen LogP contribution is -2.23. The Balaban J connectivity index is 1.70. The smallest absolute Gasteiger partial charge is 0.274 e. The van der Waals surface area contributed by atoms with E-state index in [9.17, 15) is 14.0 Å². The lowest BCUT2D eigenvalue weighted by molar-refractivity contribution is 0.0951. The van der Waals surface area contributed by atoms with E-state index in [-0.39, 0.29) is 24.0 Å². The molecule has 2 amide bonds. The zero-order valence-electron chi connectivity index (χ0n) is 16.0. The Morgan fingerprint density at radius 3 is 2.52 bits per heavy atom. The molecule has 3 rings (SSSR count). The van der Waals surface area contributed by atoms with Gasteiger partial charge in [0.05, 0.1) is 12.8 Å². The number of nitrogens with zero attached hydrogens (tertiary/aromatic N) is 1. The fourth-order valence-electron chi connectivity index (χ4n) is 2.69. The van der Waals surface area contributed by atoms with Gasteiger partial charge in [-0.25, -0.2) is 4.39 Å². The van der Waals surface area contributed by atoms with E-state index in [0.717, 1.165) is 11.1 Å². The van der Waals surface area contributed by atoms with Gasteiger partial charge in [-0.05, 0) is 54.4 Å². The number of ether oxygens (including phenoxy) is 1. The number of hydrogen-bond donors (Lipinski definition) is 2. The molecule has 0 saturated carbocycles. The van der Waals surface area contributed by atoms with Gasteiger partial charge in [0, 0.05) is 18.3 Å². The van der Waals surface area contributed by atoms with Crippen LogP contribution in [0, 0.1) is 12.7 Å². The topological polar surface area (TPSA) is 80.3 Å². The third-order valence-electron chi connectivity index (χ3n) is 4.22. The Morgan fingerprint density at radius 1 is 1.03 bits per heavy atom. The van der Waals surface area contributed by atoms with Crippen LogP contribution < -0.4 is 15.4 Å². The van der Waals surface area contributed by atoms with Crippen molar-refractivity contribution in [2.75, 3.05) is 12.4 Å². The van der Waals surface area contributed by atoms with Crippen LogP contribution in [0.1, 0.15) is 32.0 Å². The standard InChI is InChI=1S/C22H20FN3O3/c1-14-3-8-20(29-2)18(11-14)26-22(28)19-12-16(9-10-24-19)21(27)25-13-15-4-6-17(23)7-5-15/h3-12H,13H2,1-2H3,(H,25,27)(H,26,28). The Labute approximate surface area is 167 Å². The summed E-state index contributed by atoms with van der Waals surface area (Å²) in [5, 5.41) is 5.49. The monoisotopic (exact) mass is 393 g/mol. The first kappa shape index (κ1) is 20.0. The summed E-state index contributed by atoms with van der Waals surface area (Å²) < 4.78 is 18.2. The molecule has 0 fully saturated rings. The molecule has 0 atom stereocenters. The molecule has 0 aliphatic rings. The Kier molecular flexibility index (Phi) is 6.19. The summed E-state index contributed by atoms with van der Waals surface area (Å²) in [6, 6.07) is 14.2. The van der Waals surface area contributed by atoms with Crippen molar-refractivity contribution in [3.63, 3.8) is 0 Å². The van der Waals surface area contributed by atoms with E-state index < -0.39 is 5.91 Å². The van der Waals surface area contributed by atoms with Crippen molar-refractivity contribution >= 4 is 17.5 Å². The van der Waals surface area contributed by atoms with Gasteiger partial charge in [-0.1, -0.05) is 18.2 Å². The molecule has 0 unspecified atom stereocenters. The maximum Gasteiger partial charge on any atom is 0.274 e. The predicted octanol–water partition coefficient (Wildman–Crippen LogP) is 3.72. The molecule has 0 spiro atoms. The van der Waals surface area contributed by atoms with Crippen LogP contribution in [-0.4, -0.2) is 23.9 Å². The quantitative estimate of drug-likeness (QED) is 0.669. The van der Waals surface area contributed by atoms with E-state index in [0.29, 0.717) is 17.0 Å². The minimum Gasteiger partial charge on any atom is -0.495 e. The second kappa shape index (κ2) is 8.97. The first-order valence-corrected chi connectivity index (χ1v) is 8.91. The zero-order valence-corrected chi connectivity index (χ0v) is 16.0. The molecule has 6 nitrogen and oxygen atoms in total. The van der Waals surface area contributed by atoms with Gasteiger partial charge in [-0.15, -0.1) is 0 Å². The predicted molar refractivity (Wildman–Crippen MR) is 107 cm³/mol. The highest BCUT2D eigenvalue weighted by Gasteiger charge is 2.14. The highest BCUT2D eigenvalue weighted by Crippen LogP contribution is 2.25. The zero-order chi connectivity index (χ0) is 20.8. The molecule has 1 heterocycles. The highest BCUT2D eigenvalue weighted by molar-refractivity contribution is 6.05. The number of nitrogens with one attached hydrogen (secondary N) is 2. The summed E-state index contributed by atoms with van der Waals surface area (Å²) in [5.74, 6) is -0.631. The number of aromatic nitrogens is 1. The van der Waals surface area contributed by atoms with Gasteiger partial charge in [0.1, 0.15) is 17.3 Å². The van der Waals surface area contributed by atoms with E-state index in [1.165, 1.54) is 37.6 Å². The van der Waals surface area contributed by atoms with Gasteiger partial charge >= 0.3 is 0 Å². The molecule has 3 aromatic rings. The molecule has 0 bridgehead atoms. The first-order valence-electron chi connectivity index (χ1n) is 8.91. The molecule has 0 saturated heterocycles. The van der Waals surface area contributed by atoms with Gasteiger partial charge in [0.15, 0.2) is 0 Å². The van der Waals surface area contributed by atoms with Crippen LogP contribution in [0.5, 0.6) is 5.75 Å². The van der Waals surface area contributed by atoms with Crippen LogP contribution in [0.25, 0.3) is 0 Å². The molecule has 7 heteroatoms. The Bertz CT molecular complexity index is 1040. The van der Waals surface area contributed by atoms with E-state index in [1.54, 1.807) is 24.3 Å². The second-order valence-corrected chi connectivity index (χ2v) is 6.40. The summed E-state index contributed by atoms with van der Waals surface area (Å²) >= 11 is 0. The minimum atomic E-state index is -0.456. The third kappa shape index (κ3) is 5.16. The fraction of sp³-hybridized carbons (Fsp3) is 0.136. The number of benzene rings is 2. The first-order chi connectivity index (χ1) is 14.0. The number of carbonyl (C=O) groups excluding carboxylic acids is 2. The molecule has 2 aromatic carbocycles. The van der Waals surface area contributed by atoms with Crippen molar-refractivity contribution in [1.29, 1.82) is 0 Å². The molecular weight excluding hydrogens is 373 g/mol. The lowest BCUT2D eigenvalue weighted by atomic mass is 10.1. The summed E-state index contributed by atoms with van der Waals surface area (Å²) in [6.07, 6.45) is 1.40. The largest absolute Gasteiger partial charge is 0.495 e. The summed E-state index contributed by atoms with van der Waals surface area (Å²) in [6.45, 7) is 2.14. The van der Waals surface area contributed by atoms with Gasteiger partial charge in [-0.3, -0.25) is 14.6 Å². The van der Waals surface area contributed by atoms with E-state index in [4.69, 9.17) is 4.74 Å². The van der Waals surface area contributed by atoms with Crippen LogP contribution >= 0.6 is 0 Å². The van der Waals surface area contributed by atoms with Crippen molar-refractivity contribution < 1.29 is 18.7 Å². The van der Waals surface area contributed by atoms with Gasteiger partial charge < -0.3 is 15.4 Å². The second-order valence-electron chi connectivity index (χ2n) is 6.40. The molecular formula is C22H20FN3O3. The molecule has 0 aliphatic carbocycles. The Morgan fingerprint density at radius 2 is 1.79 bits per heavy atom. The van der Waals surface area contributed by atoms with Crippen LogP contribution in [0.2, 0.25) is 0 Å². The van der Waals surface area contributed by atoms with Crippen molar-refractivity contribution in [2.24, 2.45) is 0 Å². The van der Waals surface area contributed by atoms with E-state index in [2.05, 4.69) is 15.6 Å². The third-order valence-corrected chi connectivity index (χ3v) is 4.22. The van der Waals surface area contributed by atoms with Gasteiger partial charge in [0.25, 0.3) is 11.8 Å². The average Bonchev–Trinajstić information content (AvgIpc) is 2.73. The molecule has 1 aromatic heterocycles. The number of hydrogen-bond acceptors (Lipinski definition) is 4. The number of pyridine rings is 1. The molecule has 0 radical (unpaired) electrons. The SMILES string of the molecule is COc1ccc(C)cc1NC(=O)c1cc(C(=O)NCc2ccc(F)cc2)ccn1. The van der Waals surface area contributed by atoms with Crippen molar-refractivity contribution in [3.8, 4) is 5.75 Å². The van der Waals surface area contributed by atoms with E-state index in [1.807, 2.05) is 13.0 Å². The highest BCUT2D eigenvalue weighted by atomic mass is 19.1. The maximum atomic E-state index is 13.0. The number of halogens is 1. The van der Waals surface area contributed by atoms with Crippen LogP contribution in [0.15, 0.2) is 60.8 Å². The summed E-state index contributed by atoms with van der Waals surface area (Å²) in [5.41, 5.74) is 2.64. The minimum absolute atomic E-state index is 0.1000. The van der Waals surface area contributed by atoms with E-state index >= 15 is 0 Å². The Hall–Kier alpha value is -3.74. The van der Waals surface area contributed by atoms with Crippen LogP contribution in [0.3, 0.4) is 0 Å². The lowest BCUT2D eigenvalue weighted by Gasteiger charge is -2.11. The molecule has 0 aliphatic heterocycles. The number of rotatable bonds is 6. The number of anilines is 1. The number of amides is 2. The number of carbonyl (C=O) groups is 2. The van der Waals surface area contributed by atoms with Crippen molar-refractivity contribution in [3.05, 3.63) is 89.0 Å². The molecule has 29 heavy (non-hydrogen) atoms. The number of methoxy groups -OCH3 is 1. The van der Waals surface area contributed by atoms with Gasteiger partial charge in [0.2, 0.25) is 0 Å². The molecule has 2 N–H and O–H groups in total. The average molecular weight is 393 g/mol. The van der Waals surface area contributed by atoms with Crippen LogP contribution in [-0.2, 0) is 6.54 Å². The summed E-state index contributed by atoms with van der Waals surface area (Å²) in [7, 11) is 1.52. The van der Waals surface area contributed by atoms with Crippen LogP contribution in [0.4, 0.5) is 10.1 Å². The maximum absolute atomic E-state index is 13.0. The van der Waals surface area contributed by atoms with Gasteiger partial charge in [-0.2, -0.15) is 0 Å². The van der Waals surface area contributed by atoms with Crippen molar-refractivity contribution in [1.82, 2.24) is 10.3 Å². The molecule has 148 valence electrons. The van der Waals surface area contributed by atoms with Crippen molar-refractivity contribution in [2.45, 2.75) is 13.5 Å². The normalized spacial score (nSPS) is 10.3. The fourth-order valence-corrected chi connectivity index (χ4v) is 2.69.